The highest BCUT2D eigenvalue weighted by molar-refractivity contribution is 6.32. The first-order valence-corrected chi connectivity index (χ1v) is 6.20. The Kier molecular flexibility index (Phi) is 4.44. The summed E-state index contributed by atoms with van der Waals surface area (Å²) in [6.07, 6.45) is 1.14. The van der Waals surface area contributed by atoms with Gasteiger partial charge in [-0.15, -0.1) is 0 Å². The van der Waals surface area contributed by atoms with Gasteiger partial charge in [-0.25, -0.2) is 0 Å². The van der Waals surface area contributed by atoms with Crippen LogP contribution in [0.15, 0.2) is 16.7 Å². The van der Waals surface area contributed by atoms with Crippen LogP contribution in [0.1, 0.15) is 16.8 Å². The van der Waals surface area contributed by atoms with Crippen molar-refractivity contribution in [3.05, 3.63) is 23.1 Å². The fourth-order valence-electron chi connectivity index (χ4n) is 1.91. The van der Waals surface area contributed by atoms with Gasteiger partial charge in [-0.1, -0.05) is 0 Å². The van der Waals surface area contributed by atoms with Gasteiger partial charge in [0.25, 0.3) is 5.91 Å². The lowest BCUT2D eigenvalue weighted by molar-refractivity contribution is -0.145. The van der Waals surface area contributed by atoms with Crippen LogP contribution in [0, 0.1) is 0 Å². The van der Waals surface area contributed by atoms with E-state index in [1.807, 2.05) is 0 Å². The number of rotatable bonds is 3. The number of esters is 1. The molecule has 1 aromatic heterocycles. The van der Waals surface area contributed by atoms with E-state index in [0.29, 0.717) is 25.3 Å². The minimum Gasteiger partial charge on any atom is -0.469 e. The van der Waals surface area contributed by atoms with Crippen molar-refractivity contribution < 1.29 is 23.5 Å². The molecule has 6 nitrogen and oxygen atoms in total. The Labute approximate surface area is 115 Å². The van der Waals surface area contributed by atoms with Crippen LogP contribution in [0.5, 0.6) is 0 Å². The van der Waals surface area contributed by atoms with Gasteiger partial charge in [-0.05, 0) is 17.7 Å². The van der Waals surface area contributed by atoms with E-state index in [9.17, 15) is 9.59 Å². The lowest BCUT2D eigenvalue weighted by Crippen LogP contribution is -2.46. The molecule has 0 radical (unpaired) electrons. The van der Waals surface area contributed by atoms with Crippen molar-refractivity contribution in [1.29, 1.82) is 0 Å². The second kappa shape index (κ2) is 6.08. The van der Waals surface area contributed by atoms with Crippen LogP contribution in [0.2, 0.25) is 5.22 Å². The molecule has 7 heteroatoms. The summed E-state index contributed by atoms with van der Waals surface area (Å²) in [5, 5.41) is 0.0704. The molecule has 1 aliphatic rings. The van der Waals surface area contributed by atoms with Crippen LogP contribution >= 0.6 is 11.6 Å². The monoisotopic (exact) mass is 287 g/mol. The molecule has 0 aromatic carbocycles. The van der Waals surface area contributed by atoms with E-state index < -0.39 is 0 Å². The number of amides is 1. The van der Waals surface area contributed by atoms with Gasteiger partial charge in [0.2, 0.25) is 5.22 Å². The fourth-order valence-corrected chi connectivity index (χ4v) is 2.11. The number of hydrogen-bond donors (Lipinski definition) is 0. The molecule has 1 saturated heterocycles. The molecule has 2 rings (SSSR count). The van der Waals surface area contributed by atoms with Crippen LogP contribution in [0.25, 0.3) is 0 Å². The van der Waals surface area contributed by atoms with Crippen molar-refractivity contribution in [3.8, 4) is 0 Å². The van der Waals surface area contributed by atoms with E-state index in [4.69, 9.17) is 20.8 Å². The zero-order chi connectivity index (χ0) is 13.8. The van der Waals surface area contributed by atoms with Crippen molar-refractivity contribution in [2.75, 3.05) is 26.8 Å². The van der Waals surface area contributed by atoms with Gasteiger partial charge in [0.05, 0.1) is 38.1 Å². The van der Waals surface area contributed by atoms with Crippen LogP contribution in [0.3, 0.4) is 0 Å². The number of halogens is 1. The maximum atomic E-state index is 12.2. The van der Waals surface area contributed by atoms with Crippen molar-refractivity contribution in [1.82, 2.24) is 4.90 Å². The molecular formula is C12H14ClNO5. The normalized spacial score (nSPS) is 19.3. The molecule has 1 unspecified atom stereocenters. The first kappa shape index (κ1) is 13.9. The molecule has 0 spiro atoms. The quantitative estimate of drug-likeness (QED) is 0.785. The lowest BCUT2D eigenvalue weighted by Gasteiger charge is -2.32. The second-order valence-electron chi connectivity index (χ2n) is 4.13. The van der Waals surface area contributed by atoms with Gasteiger partial charge in [0, 0.05) is 13.1 Å². The summed E-state index contributed by atoms with van der Waals surface area (Å²) in [7, 11) is 1.32. The van der Waals surface area contributed by atoms with Crippen molar-refractivity contribution in [2.45, 2.75) is 12.5 Å². The summed E-state index contributed by atoms with van der Waals surface area (Å²) in [5.41, 5.74) is 0.320. The van der Waals surface area contributed by atoms with Crippen molar-refractivity contribution >= 4 is 23.5 Å². The predicted octanol–water partition coefficient (Wildman–Crippen LogP) is 1.34. The van der Waals surface area contributed by atoms with Crippen molar-refractivity contribution in [3.63, 3.8) is 0 Å². The minimum absolute atomic E-state index is 0.0704. The highest BCUT2D eigenvalue weighted by Crippen LogP contribution is 2.20. The van der Waals surface area contributed by atoms with Crippen LogP contribution in [-0.2, 0) is 14.3 Å². The molecule has 0 saturated carbocycles. The summed E-state index contributed by atoms with van der Waals surface area (Å²) < 4.78 is 14.9. The number of nitrogens with zero attached hydrogens (tertiary/aromatic N) is 1. The summed E-state index contributed by atoms with van der Waals surface area (Å²) in [6, 6.07) is 1.52. The van der Waals surface area contributed by atoms with Gasteiger partial charge in [0.1, 0.15) is 0 Å². The summed E-state index contributed by atoms with van der Waals surface area (Å²) in [4.78, 5) is 25.0. The number of furan rings is 1. The zero-order valence-electron chi connectivity index (χ0n) is 10.4. The molecule has 2 heterocycles. The van der Waals surface area contributed by atoms with Gasteiger partial charge in [-0.2, -0.15) is 0 Å². The summed E-state index contributed by atoms with van der Waals surface area (Å²) in [6.45, 7) is 1.16. The molecule has 1 atom stereocenters. The van der Waals surface area contributed by atoms with E-state index in [2.05, 4.69) is 4.74 Å². The fraction of sp³-hybridized carbons (Fsp3) is 0.500. The number of ether oxygens (including phenoxy) is 2. The highest BCUT2D eigenvalue weighted by atomic mass is 35.5. The third-order valence-corrected chi connectivity index (χ3v) is 3.19. The van der Waals surface area contributed by atoms with Crippen molar-refractivity contribution in [2.24, 2.45) is 0 Å². The Morgan fingerprint density at radius 3 is 3.00 bits per heavy atom. The van der Waals surface area contributed by atoms with E-state index >= 15 is 0 Å². The van der Waals surface area contributed by atoms with Gasteiger partial charge >= 0.3 is 5.97 Å². The Hall–Kier alpha value is -1.53. The minimum atomic E-state index is -0.361. The van der Waals surface area contributed by atoms with E-state index in [1.165, 1.54) is 19.4 Å². The number of hydrogen-bond acceptors (Lipinski definition) is 5. The number of carbonyl (C=O) groups is 2. The van der Waals surface area contributed by atoms with Gasteiger partial charge in [-0.3, -0.25) is 9.59 Å². The Morgan fingerprint density at radius 1 is 1.58 bits per heavy atom. The highest BCUT2D eigenvalue weighted by Gasteiger charge is 2.28. The summed E-state index contributed by atoms with van der Waals surface area (Å²) in [5.74, 6) is -0.586. The zero-order valence-corrected chi connectivity index (χ0v) is 11.2. The van der Waals surface area contributed by atoms with Crippen LogP contribution < -0.4 is 0 Å². The van der Waals surface area contributed by atoms with Gasteiger partial charge in [0.15, 0.2) is 0 Å². The summed E-state index contributed by atoms with van der Waals surface area (Å²) >= 11 is 5.78. The molecule has 19 heavy (non-hydrogen) atoms. The molecule has 1 aliphatic heterocycles. The maximum Gasteiger partial charge on any atom is 0.308 e. The number of morpholine rings is 1. The standard InChI is InChI=1S/C12H14ClNO5/c1-17-10(15)6-8-7-14(3-5-18-8)12(16)9-2-4-19-11(9)13/h2,4,8H,3,5-7H2,1H3. The number of carbonyl (C=O) groups excluding carboxylic acids is 2. The van der Waals surface area contributed by atoms with E-state index in [-0.39, 0.29) is 29.6 Å². The van der Waals surface area contributed by atoms with Gasteiger partial charge < -0.3 is 18.8 Å². The molecule has 0 bridgehead atoms. The SMILES string of the molecule is COC(=O)CC1CN(C(=O)c2ccoc2Cl)CCO1. The molecule has 0 N–H and O–H groups in total. The third kappa shape index (κ3) is 3.27. The van der Waals surface area contributed by atoms with E-state index in [0.717, 1.165) is 0 Å². The first-order chi connectivity index (χ1) is 9.11. The smallest absolute Gasteiger partial charge is 0.308 e. The second-order valence-corrected chi connectivity index (χ2v) is 4.48. The molecule has 1 fully saturated rings. The Morgan fingerprint density at radius 2 is 2.37 bits per heavy atom. The molecule has 1 aromatic rings. The topological polar surface area (TPSA) is 69.0 Å². The molecule has 0 aliphatic carbocycles. The molecular weight excluding hydrogens is 274 g/mol. The van der Waals surface area contributed by atoms with E-state index in [1.54, 1.807) is 4.90 Å². The average molecular weight is 288 g/mol. The maximum absolute atomic E-state index is 12.2. The average Bonchev–Trinajstić information content (AvgIpc) is 2.84. The Balaban J connectivity index is 1.99. The largest absolute Gasteiger partial charge is 0.469 e. The number of methoxy groups -OCH3 is 1. The van der Waals surface area contributed by atoms with Crippen LogP contribution in [-0.4, -0.2) is 49.7 Å². The lowest BCUT2D eigenvalue weighted by atomic mass is 10.2. The molecule has 1 amide bonds. The first-order valence-electron chi connectivity index (χ1n) is 5.82. The third-order valence-electron chi connectivity index (χ3n) is 2.90. The predicted molar refractivity (Wildman–Crippen MR) is 66.0 cm³/mol. The molecule has 104 valence electrons. The van der Waals surface area contributed by atoms with Crippen LogP contribution in [0.4, 0.5) is 0 Å². The Bertz CT molecular complexity index is 472.